The molecule has 11 nitrogen and oxygen atoms in total. The van der Waals surface area contributed by atoms with E-state index in [1.807, 2.05) is 24.6 Å². The Morgan fingerprint density at radius 2 is 1.95 bits per heavy atom. The summed E-state index contributed by atoms with van der Waals surface area (Å²) in [5.41, 5.74) is 5.65. The zero-order valence-corrected chi connectivity index (χ0v) is 21.4. The maximum Gasteiger partial charge on any atom is 0.209 e. The number of rotatable bonds is 6. The van der Waals surface area contributed by atoms with Crippen LogP contribution in [0.25, 0.3) is 56.1 Å². The van der Waals surface area contributed by atoms with E-state index in [0.717, 1.165) is 34.4 Å². The Morgan fingerprint density at radius 1 is 1.11 bits per heavy atom. The number of hydrogen-bond donors (Lipinski definition) is 3. The third-order valence-electron chi connectivity index (χ3n) is 6.35. The molecule has 6 rings (SSSR count). The Morgan fingerprint density at radius 3 is 2.71 bits per heavy atom. The second-order valence-electron chi connectivity index (χ2n) is 9.02. The van der Waals surface area contributed by atoms with Crippen molar-refractivity contribution in [1.82, 2.24) is 44.4 Å². The first-order valence-corrected chi connectivity index (χ1v) is 13.5. The summed E-state index contributed by atoms with van der Waals surface area (Å²) in [6.45, 7) is 1.89. The van der Waals surface area contributed by atoms with Crippen LogP contribution in [0.5, 0.6) is 0 Å². The summed E-state index contributed by atoms with van der Waals surface area (Å²) in [7, 11) is -1.50. The number of sulfonamides is 1. The molecule has 13 heteroatoms. The SMILES string of the molecule is Cc1ncc(-c2cc3c(-c4nc5c(-c6cc(F)cc(CNS(C)(=O)=O)c6)ccnc5[nH]4)n[nH]c3cn2)n1C. The molecule has 0 amide bonds. The van der Waals surface area contributed by atoms with Gasteiger partial charge in [0.25, 0.3) is 0 Å². The van der Waals surface area contributed by atoms with E-state index in [1.54, 1.807) is 30.7 Å². The van der Waals surface area contributed by atoms with Crippen molar-refractivity contribution >= 4 is 32.1 Å². The first kappa shape index (κ1) is 23.9. The number of aromatic amines is 2. The summed E-state index contributed by atoms with van der Waals surface area (Å²) in [5, 5.41) is 8.28. The first-order chi connectivity index (χ1) is 18.2. The van der Waals surface area contributed by atoms with Crippen LogP contribution < -0.4 is 4.72 Å². The van der Waals surface area contributed by atoms with Gasteiger partial charge < -0.3 is 9.55 Å². The number of imidazole rings is 2. The fourth-order valence-electron chi connectivity index (χ4n) is 4.36. The second-order valence-corrected chi connectivity index (χ2v) is 10.9. The van der Waals surface area contributed by atoms with Gasteiger partial charge in [0.2, 0.25) is 10.0 Å². The van der Waals surface area contributed by atoms with Crippen molar-refractivity contribution in [3.8, 4) is 34.0 Å². The van der Waals surface area contributed by atoms with Crippen LogP contribution in [0.2, 0.25) is 0 Å². The lowest BCUT2D eigenvalue weighted by atomic mass is 10.0. The number of nitrogens with one attached hydrogen (secondary N) is 3. The van der Waals surface area contributed by atoms with Crippen molar-refractivity contribution in [2.75, 3.05) is 6.26 Å². The van der Waals surface area contributed by atoms with Gasteiger partial charge in [0.05, 0.1) is 35.6 Å². The Bertz CT molecular complexity index is 1960. The third-order valence-corrected chi connectivity index (χ3v) is 7.01. The van der Waals surface area contributed by atoms with Crippen LogP contribution in [0.1, 0.15) is 11.4 Å². The second kappa shape index (κ2) is 8.82. The van der Waals surface area contributed by atoms with Gasteiger partial charge in [0, 0.05) is 30.7 Å². The molecule has 5 heterocycles. The number of aryl methyl sites for hydroxylation is 1. The smallest absolute Gasteiger partial charge is 0.209 e. The molecule has 38 heavy (non-hydrogen) atoms. The van der Waals surface area contributed by atoms with Gasteiger partial charge in [0.15, 0.2) is 11.5 Å². The summed E-state index contributed by atoms with van der Waals surface area (Å²) in [6, 6.07) is 8.07. The third kappa shape index (κ3) is 4.31. The predicted octanol–water partition coefficient (Wildman–Crippen LogP) is 3.46. The molecule has 0 atom stereocenters. The summed E-state index contributed by atoms with van der Waals surface area (Å²) in [6.07, 6.45) is 6.16. The summed E-state index contributed by atoms with van der Waals surface area (Å²) < 4.78 is 41.9. The quantitative estimate of drug-likeness (QED) is 0.298. The first-order valence-electron chi connectivity index (χ1n) is 11.6. The molecular weight excluding hydrogens is 509 g/mol. The summed E-state index contributed by atoms with van der Waals surface area (Å²) in [5.74, 6) is 0.870. The van der Waals surface area contributed by atoms with Crippen molar-refractivity contribution in [1.29, 1.82) is 0 Å². The van der Waals surface area contributed by atoms with Crippen LogP contribution in [-0.4, -0.2) is 54.4 Å². The van der Waals surface area contributed by atoms with E-state index in [0.29, 0.717) is 39.4 Å². The molecule has 6 aromatic rings. The van der Waals surface area contributed by atoms with Gasteiger partial charge in [-0.1, -0.05) is 0 Å². The molecule has 0 fully saturated rings. The molecule has 0 aliphatic carbocycles. The minimum absolute atomic E-state index is 0.0323. The number of pyridine rings is 2. The van der Waals surface area contributed by atoms with Crippen molar-refractivity contribution in [3.05, 3.63) is 66.1 Å². The molecule has 5 aromatic heterocycles. The molecule has 192 valence electrons. The minimum atomic E-state index is -3.43. The van der Waals surface area contributed by atoms with Gasteiger partial charge in [-0.25, -0.2) is 32.5 Å². The molecule has 0 aliphatic rings. The highest BCUT2D eigenvalue weighted by Gasteiger charge is 2.18. The number of benzene rings is 1. The Kier molecular flexibility index (Phi) is 5.54. The van der Waals surface area contributed by atoms with Crippen LogP contribution in [0.4, 0.5) is 4.39 Å². The van der Waals surface area contributed by atoms with Gasteiger partial charge in [-0.15, -0.1) is 0 Å². The Labute approximate surface area is 216 Å². The molecule has 0 aliphatic heterocycles. The van der Waals surface area contributed by atoms with Gasteiger partial charge in [0.1, 0.15) is 22.9 Å². The molecular formula is C25H22FN9O2S. The highest BCUT2D eigenvalue weighted by molar-refractivity contribution is 7.88. The molecule has 1 aromatic carbocycles. The number of hydrogen-bond acceptors (Lipinski definition) is 7. The lowest BCUT2D eigenvalue weighted by Gasteiger charge is -2.07. The number of H-pyrrole nitrogens is 2. The van der Waals surface area contributed by atoms with E-state index < -0.39 is 15.8 Å². The molecule has 0 bridgehead atoms. The Hall–Kier alpha value is -4.49. The van der Waals surface area contributed by atoms with Gasteiger partial charge in [-0.3, -0.25) is 10.1 Å². The monoisotopic (exact) mass is 531 g/mol. The van der Waals surface area contributed by atoms with Crippen LogP contribution in [-0.2, 0) is 23.6 Å². The van der Waals surface area contributed by atoms with E-state index >= 15 is 0 Å². The average molecular weight is 532 g/mol. The highest BCUT2D eigenvalue weighted by Crippen LogP contribution is 2.32. The fourth-order valence-corrected chi connectivity index (χ4v) is 4.78. The summed E-state index contributed by atoms with van der Waals surface area (Å²) >= 11 is 0. The maximum atomic E-state index is 14.5. The normalized spacial score (nSPS) is 12.1. The Balaban J connectivity index is 1.44. The fraction of sp³-hybridized carbons (Fsp3) is 0.160. The highest BCUT2D eigenvalue weighted by atomic mass is 32.2. The average Bonchev–Trinajstić information content (AvgIpc) is 3.58. The van der Waals surface area contributed by atoms with E-state index in [9.17, 15) is 12.8 Å². The van der Waals surface area contributed by atoms with Crippen LogP contribution in [0.15, 0.2) is 48.9 Å². The van der Waals surface area contributed by atoms with Gasteiger partial charge in [-0.05, 0) is 48.4 Å². The minimum Gasteiger partial charge on any atom is -0.330 e. The van der Waals surface area contributed by atoms with Crippen molar-refractivity contribution in [2.24, 2.45) is 7.05 Å². The maximum absolute atomic E-state index is 14.5. The van der Waals surface area contributed by atoms with Crippen LogP contribution in [0.3, 0.4) is 0 Å². The number of aromatic nitrogens is 8. The zero-order valence-electron chi connectivity index (χ0n) is 20.6. The van der Waals surface area contributed by atoms with Gasteiger partial charge >= 0.3 is 0 Å². The van der Waals surface area contributed by atoms with E-state index in [-0.39, 0.29) is 6.54 Å². The molecule has 0 spiro atoms. The van der Waals surface area contributed by atoms with Crippen molar-refractivity contribution in [2.45, 2.75) is 13.5 Å². The van der Waals surface area contributed by atoms with E-state index in [4.69, 9.17) is 4.98 Å². The van der Waals surface area contributed by atoms with Gasteiger partial charge in [-0.2, -0.15) is 5.10 Å². The van der Waals surface area contributed by atoms with Crippen LogP contribution in [0, 0.1) is 12.7 Å². The molecule has 0 unspecified atom stereocenters. The lowest BCUT2D eigenvalue weighted by Crippen LogP contribution is -2.21. The molecule has 0 radical (unpaired) electrons. The summed E-state index contributed by atoms with van der Waals surface area (Å²) in [4.78, 5) is 21.3. The molecule has 3 N–H and O–H groups in total. The predicted molar refractivity (Wildman–Crippen MR) is 141 cm³/mol. The van der Waals surface area contributed by atoms with Crippen molar-refractivity contribution in [3.63, 3.8) is 0 Å². The van der Waals surface area contributed by atoms with E-state index in [1.165, 1.54) is 12.1 Å². The number of nitrogens with zero attached hydrogens (tertiary/aromatic N) is 6. The molecule has 0 saturated carbocycles. The number of fused-ring (bicyclic) bond motifs is 2. The molecule has 0 saturated heterocycles. The van der Waals surface area contributed by atoms with Crippen LogP contribution >= 0.6 is 0 Å². The zero-order chi connectivity index (χ0) is 26.6. The van der Waals surface area contributed by atoms with Crippen molar-refractivity contribution < 1.29 is 12.8 Å². The number of halogens is 1. The largest absolute Gasteiger partial charge is 0.330 e. The van der Waals surface area contributed by atoms with E-state index in [2.05, 4.69) is 34.9 Å². The lowest BCUT2D eigenvalue weighted by molar-refractivity contribution is 0.586. The standard InChI is InChI=1S/C25H22FN9O2S/c1-13-28-12-21(35(13)2)19-9-18-20(11-29-19)33-34-23(18)25-31-22-17(4-5-27-24(22)32-25)15-6-14(7-16(26)8-15)10-30-38(3,36)37/h4-9,11-12,30H,10H2,1-3H3,(H,33,34)(H,27,31,32). The topological polar surface area (TPSA) is 147 Å².